The molecule has 2 nitrogen and oxygen atoms in total. The first kappa shape index (κ1) is 14.3. The Bertz CT molecular complexity index is 615. The average molecular weight is 268 g/mol. The fourth-order valence-electron chi connectivity index (χ4n) is 2.30. The second kappa shape index (κ2) is 6.38. The Labute approximate surface area is 120 Å². The van der Waals surface area contributed by atoms with Gasteiger partial charge in [-0.2, -0.15) is 0 Å². The lowest BCUT2D eigenvalue weighted by molar-refractivity contribution is 0.103. The maximum atomic E-state index is 12.7. The molecule has 104 valence electrons. The van der Waals surface area contributed by atoms with Gasteiger partial charge in [-0.1, -0.05) is 37.3 Å². The quantitative estimate of drug-likeness (QED) is 0.760. The van der Waals surface area contributed by atoms with Gasteiger partial charge in [-0.3, -0.25) is 4.79 Å². The van der Waals surface area contributed by atoms with Gasteiger partial charge in [-0.15, -0.1) is 0 Å². The third-order valence-corrected chi connectivity index (χ3v) is 3.41. The minimum absolute atomic E-state index is 0.0708. The van der Waals surface area contributed by atoms with Crippen LogP contribution in [0.15, 0.2) is 42.5 Å². The van der Waals surface area contributed by atoms with E-state index in [-0.39, 0.29) is 5.78 Å². The zero-order chi connectivity index (χ0) is 14.5. The van der Waals surface area contributed by atoms with Crippen LogP contribution in [0.2, 0.25) is 0 Å². The first-order valence-corrected chi connectivity index (χ1v) is 7.03. The summed E-state index contributed by atoms with van der Waals surface area (Å²) in [5.74, 6) is 0.817. The molecule has 0 bridgehead atoms. The van der Waals surface area contributed by atoms with Crippen molar-refractivity contribution in [3.05, 3.63) is 64.7 Å². The van der Waals surface area contributed by atoms with Crippen LogP contribution in [0.3, 0.4) is 0 Å². The SMILES string of the molecule is CCOc1ccc(C)c(C(=O)c2ccccc2CC)c1. The molecule has 0 aliphatic carbocycles. The summed E-state index contributed by atoms with van der Waals surface area (Å²) in [7, 11) is 0. The van der Waals surface area contributed by atoms with E-state index < -0.39 is 0 Å². The molecule has 0 unspecified atom stereocenters. The number of rotatable bonds is 5. The number of ether oxygens (including phenoxy) is 1. The Morgan fingerprint density at radius 2 is 1.80 bits per heavy atom. The van der Waals surface area contributed by atoms with Crippen molar-refractivity contribution in [1.29, 1.82) is 0 Å². The van der Waals surface area contributed by atoms with E-state index in [1.165, 1.54) is 0 Å². The molecule has 0 saturated heterocycles. The zero-order valence-electron chi connectivity index (χ0n) is 12.3. The standard InChI is InChI=1S/C18H20O2/c1-4-14-8-6-7-9-16(14)18(19)17-12-15(20-5-2)11-10-13(17)3/h6-12H,4-5H2,1-3H3. The zero-order valence-corrected chi connectivity index (χ0v) is 12.3. The van der Waals surface area contributed by atoms with E-state index >= 15 is 0 Å². The molecule has 0 atom stereocenters. The van der Waals surface area contributed by atoms with Crippen molar-refractivity contribution in [2.75, 3.05) is 6.61 Å². The van der Waals surface area contributed by atoms with Crippen LogP contribution in [-0.4, -0.2) is 12.4 Å². The van der Waals surface area contributed by atoms with Gasteiger partial charge in [0.1, 0.15) is 5.75 Å². The van der Waals surface area contributed by atoms with E-state index in [1.54, 1.807) is 0 Å². The van der Waals surface area contributed by atoms with Gasteiger partial charge in [-0.05, 0) is 43.5 Å². The second-order valence-electron chi connectivity index (χ2n) is 4.75. The maximum absolute atomic E-state index is 12.7. The van der Waals surface area contributed by atoms with E-state index in [4.69, 9.17) is 4.74 Å². The first-order chi connectivity index (χ1) is 9.67. The Hall–Kier alpha value is -2.09. The molecule has 0 fully saturated rings. The third-order valence-electron chi connectivity index (χ3n) is 3.41. The lowest BCUT2D eigenvalue weighted by Gasteiger charge is -2.11. The number of hydrogen-bond acceptors (Lipinski definition) is 2. The lowest BCUT2D eigenvalue weighted by atomic mass is 9.94. The molecule has 0 saturated carbocycles. The Morgan fingerprint density at radius 3 is 2.50 bits per heavy atom. The normalized spacial score (nSPS) is 10.3. The van der Waals surface area contributed by atoms with Gasteiger partial charge in [0.2, 0.25) is 0 Å². The monoisotopic (exact) mass is 268 g/mol. The fourth-order valence-corrected chi connectivity index (χ4v) is 2.30. The highest BCUT2D eigenvalue weighted by Crippen LogP contribution is 2.22. The maximum Gasteiger partial charge on any atom is 0.193 e. The van der Waals surface area contributed by atoms with Crippen molar-refractivity contribution in [2.45, 2.75) is 27.2 Å². The summed E-state index contributed by atoms with van der Waals surface area (Å²) in [4.78, 5) is 12.7. The van der Waals surface area contributed by atoms with Crippen LogP contribution >= 0.6 is 0 Å². The van der Waals surface area contributed by atoms with Gasteiger partial charge < -0.3 is 4.74 Å². The highest BCUT2D eigenvalue weighted by molar-refractivity contribution is 6.11. The van der Waals surface area contributed by atoms with Gasteiger partial charge in [-0.25, -0.2) is 0 Å². The molecular weight excluding hydrogens is 248 g/mol. The predicted octanol–water partition coefficient (Wildman–Crippen LogP) is 4.19. The summed E-state index contributed by atoms with van der Waals surface area (Å²) >= 11 is 0. The van der Waals surface area contributed by atoms with Crippen molar-refractivity contribution in [2.24, 2.45) is 0 Å². The van der Waals surface area contributed by atoms with Crippen molar-refractivity contribution >= 4 is 5.78 Å². The van der Waals surface area contributed by atoms with Gasteiger partial charge in [0.15, 0.2) is 5.78 Å². The van der Waals surface area contributed by atoms with E-state index in [0.717, 1.165) is 34.4 Å². The topological polar surface area (TPSA) is 26.3 Å². The average Bonchev–Trinajstić information content (AvgIpc) is 2.48. The van der Waals surface area contributed by atoms with Gasteiger partial charge in [0, 0.05) is 11.1 Å². The Morgan fingerprint density at radius 1 is 1.05 bits per heavy atom. The van der Waals surface area contributed by atoms with Gasteiger partial charge in [0.05, 0.1) is 6.61 Å². The van der Waals surface area contributed by atoms with E-state index in [9.17, 15) is 4.79 Å². The number of carbonyl (C=O) groups is 1. The number of benzene rings is 2. The van der Waals surface area contributed by atoms with Crippen LogP contribution in [0.4, 0.5) is 0 Å². The number of aryl methyl sites for hydroxylation is 2. The van der Waals surface area contributed by atoms with Crippen LogP contribution in [0.1, 0.15) is 40.9 Å². The molecule has 0 aliphatic rings. The molecule has 0 aromatic heterocycles. The van der Waals surface area contributed by atoms with Crippen molar-refractivity contribution in [1.82, 2.24) is 0 Å². The fraction of sp³-hybridized carbons (Fsp3) is 0.278. The second-order valence-corrected chi connectivity index (χ2v) is 4.75. The molecule has 2 heteroatoms. The van der Waals surface area contributed by atoms with Crippen LogP contribution in [0, 0.1) is 6.92 Å². The summed E-state index contributed by atoms with van der Waals surface area (Å²) in [6.07, 6.45) is 0.853. The highest BCUT2D eigenvalue weighted by Gasteiger charge is 2.15. The van der Waals surface area contributed by atoms with Crippen molar-refractivity contribution < 1.29 is 9.53 Å². The molecule has 2 aromatic rings. The Balaban J connectivity index is 2.44. The molecule has 20 heavy (non-hydrogen) atoms. The molecular formula is C18H20O2. The summed E-state index contributed by atoms with van der Waals surface area (Å²) in [5, 5.41) is 0. The molecule has 0 spiro atoms. The smallest absolute Gasteiger partial charge is 0.193 e. The Kier molecular flexibility index (Phi) is 4.57. The van der Waals surface area contributed by atoms with Gasteiger partial charge >= 0.3 is 0 Å². The largest absolute Gasteiger partial charge is 0.494 e. The number of hydrogen-bond donors (Lipinski definition) is 0. The molecule has 0 aliphatic heterocycles. The van der Waals surface area contributed by atoms with E-state index in [2.05, 4.69) is 6.92 Å². The predicted molar refractivity (Wildman–Crippen MR) is 81.6 cm³/mol. The first-order valence-electron chi connectivity index (χ1n) is 7.03. The number of ketones is 1. The lowest BCUT2D eigenvalue weighted by Crippen LogP contribution is -2.07. The minimum atomic E-state index is 0.0708. The van der Waals surface area contributed by atoms with Crippen LogP contribution in [0.25, 0.3) is 0 Å². The summed E-state index contributed by atoms with van der Waals surface area (Å²) in [5.41, 5.74) is 3.56. The molecule has 2 aromatic carbocycles. The molecule has 2 rings (SSSR count). The number of carbonyl (C=O) groups excluding carboxylic acids is 1. The van der Waals surface area contributed by atoms with Crippen molar-refractivity contribution in [3.8, 4) is 5.75 Å². The highest BCUT2D eigenvalue weighted by atomic mass is 16.5. The van der Waals surface area contributed by atoms with E-state index in [1.807, 2.05) is 56.3 Å². The molecule has 0 radical (unpaired) electrons. The molecule has 0 N–H and O–H groups in total. The third kappa shape index (κ3) is 2.90. The minimum Gasteiger partial charge on any atom is -0.494 e. The van der Waals surface area contributed by atoms with Gasteiger partial charge in [0.25, 0.3) is 0 Å². The molecule has 0 amide bonds. The summed E-state index contributed by atoms with van der Waals surface area (Å²) < 4.78 is 5.49. The van der Waals surface area contributed by atoms with Crippen LogP contribution < -0.4 is 4.74 Å². The van der Waals surface area contributed by atoms with E-state index in [0.29, 0.717) is 6.61 Å². The summed E-state index contributed by atoms with van der Waals surface area (Å²) in [6, 6.07) is 13.5. The van der Waals surface area contributed by atoms with Crippen LogP contribution in [0.5, 0.6) is 5.75 Å². The van der Waals surface area contributed by atoms with Crippen molar-refractivity contribution in [3.63, 3.8) is 0 Å². The van der Waals surface area contributed by atoms with Crippen LogP contribution in [-0.2, 0) is 6.42 Å². The summed E-state index contributed by atoms with van der Waals surface area (Å²) in [6.45, 7) is 6.56. The molecule has 0 heterocycles.